The Bertz CT molecular complexity index is 851. The van der Waals surface area contributed by atoms with Crippen LogP contribution in [0.3, 0.4) is 0 Å². The molecule has 252 valence electrons. The Hall–Kier alpha value is 1.33. The average molecular weight is 752 g/mol. The molecule has 0 radical (unpaired) electrons. The minimum absolute atomic E-state index is 0.475. The lowest BCUT2D eigenvalue weighted by Gasteiger charge is -2.46. The maximum absolute atomic E-state index is 7.31. The molecule has 0 rings (SSSR count). The van der Waals surface area contributed by atoms with E-state index in [0.717, 1.165) is 12.1 Å². The summed E-state index contributed by atoms with van der Waals surface area (Å²) in [5.74, 6) is 0. The Kier molecular flexibility index (Phi) is 16.0. The van der Waals surface area contributed by atoms with Crippen LogP contribution in [0.4, 0.5) is 0 Å². The number of hydrogen-bond donors (Lipinski definition) is 0. The summed E-state index contributed by atoms with van der Waals surface area (Å²) in [7, 11) is -16.9. The van der Waals surface area contributed by atoms with Gasteiger partial charge in [-0.2, -0.15) is 0 Å². The normalized spacial score (nSPS) is 17.6. The lowest BCUT2D eigenvalue weighted by Crippen LogP contribution is -2.64. The quantitative estimate of drug-likeness (QED) is 0.109. The Morgan fingerprint density at radius 2 is 0.905 bits per heavy atom. The predicted molar refractivity (Wildman–Crippen MR) is 198 cm³/mol. The van der Waals surface area contributed by atoms with Crippen LogP contribution in [0.25, 0.3) is 0 Å². The van der Waals surface area contributed by atoms with E-state index in [2.05, 4.69) is 111 Å². The fourth-order valence-electron chi connectivity index (χ4n) is 5.40. The van der Waals surface area contributed by atoms with Gasteiger partial charge in [0.05, 0.1) is 5.67 Å². The molecule has 2 unspecified atom stereocenters. The van der Waals surface area contributed by atoms with Gasteiger partial charge in [0, 0.05) is 21.3 Å². The van der Waals surface area contributed by atoms with Gasteiger partial charge in [0.2, 0.25) is 0 Å². The van der Waals surface area contributed by atoms with Crippen LogP contribution in [0, 0.1) is 0 Å². The first-order valence-corrected chi connectivity index (χ1v) is 40.4. The topological polar surface area (TPSA) is 83.1 Å². The molecule has 0 N–H and O–H groups in total. The molecule has 0 aliphatic carbocycles. The van der Waals surface area contributed by atoms with E-state index in [1.807, 2.05) is 5.70 Å². The maximum atomic E-state index is 7.31. The van der Waals surface area contributed by atoms with Gasteiger partial charge >= 0.3 is 43.0 Å². The molecule has 0 aliphatic rings. The summed E-state index contributed by atoms with van der Waals surface area (Å²) in [5.41, 5.74) is 2.45. The van der Waals surface area contributed by atoms with Crippen molar-refractivity contribution in [2.75, 3.05) is 21.3 Å². The zero-order valence-corrected chi connectivity index (χ0v) is 39.6. The molecule has 0 fully saturated rings. The molecular weight excluding hydrogens is 685 g/mol. The SMILES string of the molecule is C=C[Si](C)(C)O[Si](C)(C)O[Si](C)(C)CC[Si](C)(O[Si](C)(C)O[Si](C)(C)C)O[Si](C)(C[Si](OC)(OC)OC)O[Si](C)(C)C. The first-order valence-electron chi connectivity index (χ1n) is 14.9. The minimum atomic E-state index is -3.01. The van der Waals surface area contributed by atoms with E-state index >= 15 is 0 Å². The van der Waals surface area contributed by atoms with E-state index in [0.29, 0.717) is 5.67 Å². The highest BCUT2D eigenvalue weighted by molar-refractivity contribution is 6.95. The Balaban J connectivity index is 6.54. The van der Waals surface area contributed by atoms with E-state index < -0.39 is 76.3 Å². The molecule has 2 atom stereocenters. The highest BCUT2D eigenvalue weighted by atomic mass is 28.5. The summed E-state index contributed by atoms with van der Waals surface area (Å²) in [6, 6.07) is 1.64. The summed E-state index contributed by atoms with van der Waals surface area (Å²) in [6.45, 7) is 38.9. The maximum Gasteiger partial charge on any atom is 0.502 e. The summed E-state index contributed by atoms with van der Waals surface area (Å²) in [6.07, 6.45) is 0. The van der Waals surface area contributed by atoms with E-state index in [1.54, 1.807) is 21.3 Å². The second kappa shape index (κ2) is 15.5. The van der Waals surface area contributed by atoms with Crippen LogP contribution in [0.2, 0.25) is 123 Å². The highest BCUT2D eigenvalue weighted by Crippen LogP contribution is 2.36. The molecule has 0 heterocycles. The molecule has 0 amide bonds. The van der Waals surface area contributed by atoms with E-state index in [9.17, 15) is 0 Å². The van der Waals surface area contributed by atoms with Crippen LogP contribution in [0.5, 0.6) is 0 Å². The fourth-order valence-corrected chi connectivity index (χ4v) is 49.9. The molecule has 0 bridgehead atoms. The largest absolute Gasteiger partial charge is 0.502 e. The molecule has 0 aromatic carbocycles. The van der Waals surface area contributed by atoms with Crippen molar-refractivity contribution in [1.29, 1.82) is 0 Å². The third-order valence-corrected chi connectivity index (χ3v) is 40.4. The molecule has 0 aromatic heterocycles. The lowest BCUT2D eigenvalue weighted by atomic mass is 10.9. The average Bonchev–Trinajstić information content (AvgIpc) is 2.71. The van der Waals surface area contributed by atoms with Gasteiger partial charge in [-0.3, -0.25) is 0 Å². The van der Waals surface area contributed by atoms with Gasteiger partial charge in [-0.1, -0.05) is 5.70 Å². The monoisotopic (exact) mass is 750 g/mol. The van der Waals surface area contributed by atoms with Gasteiger partial charge in [0.15, 0.2) is 33.3 Å². The number of rotatable bonds is 21. The van der Waals surface area contributed by atoms with Crippen LogP contribution in [0.1, 0.15) is 0 Å². The fraction of sp³-hybridized carbons (Fsp3) is 0.917. The molecule has 0 aromatic rings. The zero-order chi connectivity index (χ0) is 33.7. The van der Waals surface area contributed by atoms with Crippen molar-refractivity contribution in [3.63, 3.8) is 0 Å². The Morgan fingerprint density at radius 3 is 1.29 bits per heavy atom. The molecule has 9 nitrogen and oxygen atoms in total. The third-order valence-electron chi connectivity index (χ3n) is 6.14. The van der Waals surface area contributed by atoms with E-state index in [-0.39, 0.29) is 0 Å². The van der Waals surface area contributed by atoms with Crippen molar-refractivity contribution in [3.8, 4) is 0 Å². The van der Waals surface area contributed by atoms with Gasteiger partial charge in [-0.15, -0.1) is 6.58 Å². The highest BCUT2D eigenvalue weighted by Gasteiger charge is 2.56. The molecule has 18 heteroatoms. The van der Waals surface area contributed by atoms with Crippen molar-refractivity contribution < 1.29 is 38.0 Å². The standard InChI is InChI=1S/C24H66O9Si9/c1-21-36(11,12)30-39(17,18)31-37(13,14)22-23-40(19,32-38(15,16)28-34(5,6)7)33-41(20,29-35(8,9)10)24-42(25-2,26-3)27-4/h21H,1,22-24H2,2-20H3. The molecule has 0 aliphatic heterocycles. The van der Waals surface area contributed by atoms with E-state index in [1.165, 1.54) is 0 Å². The zero-order valence-electron chi connectivity index (χ0n) is 30.6. The summed E-state index contributed by atoms with van der Waals surface area (Å²) in [5, 5.41) is 0. The summed E-state index contributed by atoms with van der Waals surface area (Å²) in [4.78, 5) is 0. The summed E-state index contributed by atoms with van der Waals surface area (Å²) >= 11 is 0. The van der Waals surface area contributed by atoms with Crippen molar-refractivity contribution in [2.45, 2.75) is 123 Å². The van der Waals surface area contributed by atoms with Gasteiger partial charge in [-0.25, -0.2) is 0 Å². The minimum Gasteiger partial charge on any atom is -0.437 e. The molecule has 42 heavy (non-hydrogen) atoms. The Morgan fingerprint density at radius 1 is 0.476 bits per heavy atom. The van der Waals surface area contributed by atoms with Crippen LogP contribution < -0.4 is 0 Å². The second-order valence-corrected chi connectivity index (χ2v) is 51.1. The first-order chi connectivity index (χ1) is 18.4. The summed E-state index contributed by atoms with van der Waals surface area (Å²) < 4.78 is 59.1. The van der Waals surface area contributed by atoms with E-state index in [4.69, 9.17) is 38.0 Å². The van der Waals surface area contributed by atoms with Gasteiger partial charge in [-0.05, 0) is 117 Å². The van der Waals surface area contributed by atoms with Crippen molar-refractivity contribution in [3.05, 3.63) is 12.3 Å². The van der Waals surface area contributed by atoms with Gasteiger partial charge < -0.3 is 38.0 Å². The number of hydrogen-bond acceptors (Lipinski definition) is 9. The van der Waals surface area contributed by atoms with Crippen molar-refractivity contribution in [1.82, 2.24) is 0 Å². The van der Waals surface area contributed by atoms with Crippen LogP contribution in [0.15, 0.2) is 12.3 Å². The lowest BCUT2D eigenvalue weighted by molar-refractivity contribution is 0.125. The smallest absolute Gasteiger partial charge is 0.437 e. The molecule has 0 saturated carbocycles. The third kappa shape index (κ3) is 17.3. The van der Waals surface area contributed by atoms with Gasteiger partial charge in [0.1, 0.15) is 0 Å². The van der Waals surface area contributed by atoms with Gasteiger partial charge in [0.25, 0.3) is 0 Å². The molecule has 0 saturated heterocycles. The second-order valence-electron chi connectivity index (χ2n) is 15.4. The van der Waals surface area contributed by atoms with Crippen molar-refractivity contribution >= 4 is 76.3 Å². The molecule has 0 spiro atoms. The first kappa shape index (κ1) is 43.3. The predicted octanol–water partition coefficient (Wildman–Crippen LogP) is 7.86. The Labute approximate surface area is 269 Å². The van der Waals surface area contributed by atoms with Crippen LogP contribution in [-0.2, 0) is 38.0 Å². The molecular formula is C24H66O9Si9. The van der Waals surface area contributed by atoms with Crippen LogP contribution >= 0.6 is 0 Å². The van der Waals surface area contributed by atoms with Crippen LogP contribution in [-0.4, -0.2) is 97.6 Å². The van der Waals surface area contributed by atoms with Crippen molar-refractivity contribution in [2.24, 2.45) is 0 Å².